The molecule has 1 saturated heterocycles. The summed E-state index contributed by atoms with van der Waals surface area (Å²) >= 11 is 0. The van der Waals surface area contributed by atoms with E-state index in [1.807, 2.05) is 17.0 Å². The van der Waals surface area contributed by atoms with E-state index >= 15 is 0 Å². The summed E-state index contributed by atoms with van der Waals surface area (Å²) in [4.78, 5) is 42.2. The van der Waals surface area contributed by atoms with Crippen molar-refractivity contribution in [1.29, 1.82) is 0 Å². The number of aromatic nitrogens is 1. The minimum absolute atomic E-state index is 0.119. The van der Waals surface area contributed by atoms with Crippen molar-refractivity contribution >= 4 is 23.4 Å². The van der Waals surface area contributed by atoms with Gasteiger partial charge in [0.05, 0.1) is 24.3 Å². The molecule has 0 spiro atoms. The first kappa shape index (κ1) is 19.5. The van der Waals surface area contributed by atoms with Gasteiger partial charge < -0.3 is 16.0 Å². The zero-order chi connectivity index (χ0) is 19.9. The molecular weight excluding hydrogens is 358 g/mol. The van der Waals surface area contributed by atoms with Crippen LogP contribution in [0.2, 0.25) is 0 Å². The monoisotopic (exact) mass is 381 g/mol. The highest BCUT2D eigenvalue weighted by Crippen LogP contribution is 2.15. The molecule has 8 heteroatoms. The molecule has 146 valence electrons. The first-order valence-corrected chi connectivity index (χ1v) is 9.09. The smallest absolute Gasteiger partial charge is 0.255 e. The maximum atomic E-state index is 12.3. The molecule has 2 aromatic rings. The van der Waals surface area contributed by atoms with Crippen LogP contribution >= 0.6 is 0 Å². The van der Waals surface area contributed by atoms with E-state index in [2.05, 4.69) is 20.9 Å². The number of carbonyl (C=O) groups is 3. The Bertz CT molecular complexity index is 839. The van der Waals surface area contributed by atoms with E-state index in [1.165, 1.54) is 0 Å². The summed E-state index contributed by atoms with van der Waals surface area (Å²) in [7, 11) is 1.56. The molecule has 2 heterocycles. The third-order valence-electron chi connectivity index (χ3n) is 4.62. The summed E-state index contributed by atoms with van der Waals surface area (Å²) in [5.74, 6) is -0.522. The van der Waals surface area contributed by atoms with Crippen molar-refractivity contribution in [3.63, 3.8) is 0 Å². The molecule has 3 rings (SSSR count). The predicted octanol–water partition coefficient (Wildman–Crippen LogP) is 0.770. The first-order valence-electron chi connectivity index (χ1n) is 9.09. The average Bonchev–Trinajstić information content (AvgIpc) is 2.71. The minimum Gasteiger partial charge on any atom is -0.359 e. The van der Waals surface area contributed by atoms with Gasteiger partial charge in [0.1, 0.15) is 0 Å². The molecule has 8 nitrogen and oxygen atoms in total. The van der Waals surface area contributed by atoms with Gasteiger partial charge in [-0.15, -0.1) is 0 Å². The number of benzene rings is 1. The zero-order valence-electron chi connectivity index (χ0n) is 15.6. The Morgan fingerprint density at radius 1 is 1.25 bits per heavy atom. The van der Waals surface area contributed by atoms with Crippen LogP contribution in [0.25, 0.3) is 0 Å². The number of pyridine rings is 1. The average molecular weight is 381 g/mol. The number of nitrogens with zero attached hydrogens (tertiary/aromatic N) is 2. The lowest BCUT2D eigenvalue weighted by molar-refractivity contribution is -0.134. The molecular formula is C20H23N5O3. The van der Waals surface area contributed by atoms with Gasteiger partial charge in [0.2, 0.25) is 11.8 Å². The van der Waals surface area contributed by atoms with Gasteiger partial charge in [-0.05, 0) is 29.8 Å². The van der Waals surface area contributed by atoms with Gasteiger partial charge >= 0.3 is 0 Å². The molecule has 0 aliphatic carbocycles. The quantitative estimate of drug-likeness (QED) is 0.686. The van der Waals surface area contributed by atoms with Crippen LogP contribution in [0.1, 0.15) is 22.3 Å². The number of amides is 3. The molecule has 1 aromatic carbocycles. The summed E-state index contributed by atoms with van der Waals surface area (Å²) in [6.07, 6.45) is 3.34. The van der Waals surface area contributed by atoms with Gasteiger partial charge in [-0.1, -0.05) is 12.1 Å². The maximum Gasteiger partial charge on any atom is 0.255 e. The second-order valence-corrected chi connectivity index (χ2v) is 6.55. The van der Waals surface area contributed by atoms with Crippen LogP contribution in [0.15, 0.2) is 48.8 Å². The van der Waals surface area contributed by atoms with E-state index < -0.39 is 6.04 Å². The summed E-state index contributed by atoms with van der Waals surface area (Å²) < 4.78 is 0. The molecule has 0 radical (unpaired) electrons. The number of rotatable bonds is 6. The van der Waals surface area contributed by atoms with Crippen molar-refractivity contribution in [2.45, 2.75) is 19.0 Å². The molecule has 0 saturated carbocycles. The fourth-order valence-electron chi connectivity index (χ4n) is 3.09. The van der Waals surface area contributed by atoms with Gasteiger partial charge in [-0.2, -0.15) is 0 Å². The van der Waals surface area contributed by atoms with Crippen LogP contribution in [0.5, 0.6) is 0 Å². The minimum atomic E-state index is -0.498. The van der Waals surface area contributed by atoms with E-state index in [0.717, 1.165) is 5.56 Å². The van der Waals surface area contributed by atoms with E-state index in [1.54, 1.807) is 43.7 Å². The predicted molar refractivity (Wildman–Crippen MR) is 105 cm³/mol. The van der Waals surface area contributed by atoms with Gasteiger partial charge in [0, 0.05) is 38.4 Å². The van der Waals surface area contributed by atoms with E-state index in [0.29, 0.717) is 30.9 Å². The van der Waals surface area contributed by atoms with E-state index in [-0.39, 0.29) is 24.1 Å². The number of hydrogen-bond donors (Lipinski definition) is 3. The van der Waals surface area contributed by atoms with Crippen molar-refractivity contribution in [1.82, 2.24) is 20.5 Å². The summed E-state index contributed by atoms with van der Waals surface area (Å²) in [6.45, 7) is 1.74. The Morgan fingerprint density at radius 2 is 2.04 bits per heavy atom. The lowest BCUT2D eigenvalue weighted by atomic mass is 10.1. The number of carbonyl (C=O) groups excluding carboxylic acids is 3. The Hall–Kier alpha value is -3.26. The largest absolute Gasteiger partial charge is 0.359 e. The molecule has 1 atom stereocenters. The Labute approximate surface area is 163 Å². The SMILES string of the molecule is CNC(=O)C[C@@H]1C(=O)NCCN1Cc1ccc(C(=O)Nc2cccnc2)cc1. The number of hydrogen-bond acceptors (Lipinski definition) is 5. The summed E-state index contributed by atoms with van der Waals surface area (Å²) in [5, 5.41) is 8.16. The van der Waals surface area contributed by atoms with Crippen LogP contribution in [0, 0.1) is 0 Å². The summed E-state index contributed by atoms with van der Waals surface area (Å²) in [5.41, 5.74) is 2.13. The van der Waals surface area contributed by atoms with E-state index in [4.69, 9.17) is 0 Å². The van der Waals surface area contributed by atoms with Gasteiger partial charge in [-0.3, -0.25) is 24.3 Å². The molecule has 1 fully saturated rings. The van der Waals surface area contributed by atoms with Crippen LogP contribution in [-0.4, -0.2) is 53.8 Å². The van der Waals surface area contributed by atoms with E-state index in [9.17, 15) is 14.4 Å². The van der Waals surface area contributed by atoms with Crippen molar-refractivity contribution in [3.8, 4) is 0 Å². The van der Waals surface area contributed by atoms with Crippen LogP contribution in [0.4, 0.5) is 5.69 Å². The molecule has 3 N–H and O–H groups in total. The third-order valence-corrected chi connectivity index (χ3v) is 4.62. The lowest BCUT2D eigenvalue weighted by Gasteiger charge is -2.34. The molecule has 0 unspecified atom stereocenters. The number of nitrogens with one attached hydrogen (secondary N) is 3. The van der Waals surface area contributed by atoms with Crippen molar-refractivity contribution in [2.24, 2.45) is 0 Å². The maximum absolute atomic E-state index is 12.3. The fourth-order valence-corrected chi connectivity index (χ4v) is 3.09. The van der Waals surface area contributed by atoms with Crippen molar-refractivity contribution < 1.29 is 14.4 Å². The molecule has 0 bridgehead atoms. The second-order valence-electron chi connectivity index (χ2n) is 6.55. The lowest BCUT2D eigenvalue weighted by Crippen LogP contribution is -2.55. The topological polar surface area (TPSA) is 103 Å². The fraction of sp³-hybridized carbons (Fsp3) is 0.300. The van der Waals surface area contributed by atoms with Crippen molar-refractivity contribution in [3.05, 3.63) is 59.9 Å². The van der Waals surface area contributed by atoms with Gasteiger partial charge in [-0.25, -0.2) is 0 Å². The Kier molecular flexibility index (Phi) is 6.33. The third kappa shape index (κ3) is 4.92. The number of anilines is 1. The molecule has 1 aromatic heterocycles. The molecule has 3 amide bonds. The Balaban J connectivity index is 1.64. The molecule has 28 heavy (non-hydrogen) atoms. The van der Waals surface area contributed by atoms with Crippen LogP contribution in [-0.2, 0) is 16.1 Å². The van der Waals surface area contributed by atoms with Crippen molar-refractivity contribution in [2.75, 3.05) is 25.5 Å². The van der Waals surface area contributed by atoms with Gasteiger partial charge in [0.15, 0.2) is 0 Å². The second kappa shape index (κ2) is 9.09. The highest BCUT2D eigenvalue weighted by molar-refractivity contribution is 6.04. The Morgan fingerprint density at radius 3 is 2.71 bits per heavy atom. The standard InChI is InChI=1S/C20H23N5O3/c1-21-18(26)11-17-20(28)23-9-10-25(17)13-14-4-6-15(7-5-14)19(27)24-16-3-2-8-22-12-16/h2-8,12,17H,9-11,13H2,1H3,(H,21,26)(H,23,28)(H,24,27)/t17-/m1/s1. The van der Waals surface area contributed by atoms with Crippen LogP contribution in [0.3, 0.4) is 0 Å². The first-order chi connectivity index (χ1) is 13.6. The zero-order valence-corrected chi connectivity index (χ0v) is 15.6. The normalized spacial score (nSPS) is 16.9. The van der Waals surface area contributed by atoms with Crippen LogP contribution < -0.4 is 16.0 Å². The molecule has 1 aliphatic rings. The van der Waals surface area contributed by atoms with Gasteiger partial charge in [0.25, 0.3) is 5.91 Å². The summed E-state index contributed by atoms with van der Waals surface area (Å²) in [6, 6.07) is 10.2. The molecule has 1 aliphatic heterocycles. The highest BCUT2D eigenvalue weighted by Gasteiger charge is 2.31. The highest BCUT2D eigenvalue weighted by atomic mass is 16.2. The number of piperazine rings is 1.